The lowest BCUT2D eigenvalue weighted by molar-refractivity contribution is 0.0690. The first kappa shape index (κ1) is 12.0. The lowest BCUT2D eigenvalue weighted by Crippen LogP contribution is -2.08. The average Bonchev–Trinajstić information content (AvgIpc) is 2.17. The van der Waals surface area contributed by atoms with Crippen molar-refractivity contribution in [3.63, 3.8) is 0 Å². The summed E-state index contributed by atoms with van der Waals surface area (Å²) in [7, 11) is 0. The molecule has 1 aromatic rings. The minimum Gasteiger partial charge on any atom is -0.478 e. The van der Waals surface area contributed by atoms with Crippen molar-refractivity contribution in [2.45, 2.75) is 11.8 Å². The number of aromatic carboxylic acids is 1. The fourth-order valence-corrected chi connectivity index (χ4v) is 1.33. The Hall–Kier alpha value is -1.11. The van der Waals surface area contributed by atoms with Gasteiger partial charge in [0.1, 0.15) is 5.69 Å². The molecule has 15 heavy (non-hydrogen) atoms. The maximum atomic E-state index is 13.2. The summed E-state index contributed by atoms with van der Waals surface area (Å²) in [6.45, 7) is 0. The quantitative estimate of drug-likeness (QED) is 0.868. The first-order valence-electron chi connectivity index (χ1n) is 3.74. The highest BCUT2D eigenvalue weighted by Gasteiger charge is 2.20. The number of aromatic nitrogens is 1. The van der Waals surface area contributed by atoms with Crippen molar-refractivity contribution in [1.82, 2.24) is 4.98 Å². The summed E-state index contributed by atoms with van der Waals surface area (Å²) in [6, 6.07) is 0.536. The normalized spacial score (nSPS) is 10.7. The van der Waals surface area contributed by atoms with E-state index >= 15 is 0 Å². The van der Waals surface area contributed by atoms with E-state index in [1.807, 2.05) is 0 Å². The molecular weight excluding hydrogens is 279 g/mol. The highest BCUT2D eigenvalue weighted by atomic mass is 79.9. The predicted molar refractivity (Wildman–Crippen MR) is 48.7 cm³/mol. The van der Waals surface area contributed by atoms with Gasteiger partial charge in [-0.2, -0.15) is 0 Å². The summed E-state index contributed by atoms with van der Waals surface area (Å²) in [5, 5.41) is 8.44. The van der Waals surface area contributed by atoms with E-state index in [4.69, 9.17) is 5.11 Å². The van der Waals surface area contributed by atoms with Crippen LogP contribution in [0.1, 0.15) is 28.2 Å². The van der Waals surface area contributed by atoms with Gasteiger partial charge >= 0.3 is 5.97 Å². The van der Waals surface area contributed by atoms with Gasteiger partial charge in [-0.1, -0.05) is 15.9 Å². The first-order valence-corrected chi connectivity index (χ1v) is 4.86. The standard InChI is InChI=1S/C8H5BrF3NO2/c9-2-5-6(10)3(8(14)15)1-4(13-5)7(11)12/h1,7H,2H2,(H,14,15). The van der Waals surface area contributed by atoms with Crippen LogP contribution in [0.2, 0.25) is 0 Å². The molecule has 0 radical (unpaired) electrons. The summed E-state index contributed by atoms with van der Waals surface area (Å²) < 4.78 is 37.8. The van der Waals surface area contributed by atoms with Gasteiger partial charge in [0, 0.05) is 5.33 Å². The topological polar surface area (TPSA) is 50.2 Å². The summed E-state index contributed by atoms with van der Waals surface area (Å²) in [5.74, 6) is -2.69. The van der Waals surface area contributed by atoms with Crippen LogP contribution in [0.15, 0.2) is 6.07 Å². The Morgan fingerprint density at radius 3 is 2.60 bits per heavy atom. The van der Waals surface area contributed by atoms with E-state index in [9.17, 15) is 18.0 Å². The molecule has 0 aromatic carbocycles. The van der Waals surface area contributed by atoms with Crippen LogP contribution in [0, 0.1) is 5.82 Å². The zero-order chi connectivity index (χ0) is 11.6. The van der Waals surface area contributed by atoms with E-state index in [2.05, 4.69) is 20.9 Å². The molecule has 0 spiro atoms. The molecular formula is C8H5BrF3NO2. The molecule has 82 valence electrons. The van der Waals surface area contributed by atoms with E-state index < -0.39 is 29.5 Å². The largest absolute Gasteiger partial charge is 0.478 e. The molecule has 0 aliphatic heterocycles. The molecule has 1 N–H and O–H groups in total. The van der Waals surface area contributed by atoms with Crippen LogP contribution in [0.5, 0.6) is 0 Å². The SMILES string of the molecule is O=C(O)c1cc(C(F)F)nc(CBr)c1F. The van der Waals surface area contributed by atoms with Crippen LogP contribution >= 0.6 is 15.9 Å². The number of carboxylic acids is 1. The van der Waals surface area contributed by atoms with E-state index in [0.717, 1.165) is 0 Å². The third-order valence-electron chi connectivity index (χ3n) is 1.63. The molecule has 0 saturated heterocycles. The summed E-state index contributed by atoms with van der Waals surface area (Å²) in [4.78, 5) is 13.8. The minimum absolute atomic E-state index is 0.125. The highest BCUT2D eigenvalue weighted by Crippen LogP contribution is 2.22. The number of halogens is 4. The van der Waals surface area contributed by atoms with Crippen molar-refractivity contribution in [3.05, 3.63) is 28.8 Å². The Morgan fingerprint density at radius 1 is 1.60 bits per heavy atom. The second-order valence-corrected chi connectivity index (χ2v) is 3.16. The van der Waals surface area contributed by atoms with E-state index in [1.165, 1.54) is 0 Å². The summed E-state index contributed by atoms with van der Waals surface area (Å²) in [6.07, 6.45) is -2.93. The lowest BCUT2D eigenvalue weighted by atomic mass is 10.2. The van der Waals surface area contributed by atoms with Gasteiger partial charge in [-0.3, -0.25) is 0 Å². The zero-order valence-corrected chi connectivity index (χ0v) is 8.76. The van der Waals surface area contributed by atoms with Crippen molar-refractivity contribution in [3.8, 4) is 0 Å². The van der Waals surface area contributed by atoms with Gasteiger partial charge in [0.2, 0.25) is 0 Å². The van der Waals surface area contributed by atoms with Crippen LogP contribution in [0.3, 0.4) is 0 Å². The second-order valence-electron chi connectivity index (χ2n) is 2.59. The molecule has 0 amide bonds. The zero-order valence-electron chi connectivity index (χ0n) is 7.18. The average molecular weight is 284 g/mol. The van der Waals surface area contributed by atoms with Crippen LogP contribution in [-0.2, 0) is 5.33 Å². The molecule has 0 saturated carbocycles. The molecule has 7 heteroatoms. The molecule has 3 nitrogen and oxygen atoms in total. The third-order valence-corrected chi connectivity index (χ3v) is 2.16. The number of carbonyl (C=O) groups is 1. The van der Waals surface area contributed by atoms with Gasteiger partial charge in [0.05, 0.1) is 11.3 Å². The Balaban J connectivity index is 3.38. The first-order chi connectivity index (χ1) is 6.97. The van der Waals surface area contributed by atoms with Gasteiger partial charge in [-0.05, 0) is 6.07 Å². The van der Waals surface area contributed by atoms with Gasteiger partial charge in [0.15, 0.2) is 5.82 Å². The van der Waals surface area contributed by atoms with Gasteiger partial charge < -0.3 is 5.11 Å². The number of hydrogen-bond acceptors (Lipinski definition) is 2. The highest BCUT2D eigenvalue weighted by molar-refractivity contribution is 9.08. The molecule has 0 atom stereocenters. The lowest BCUT2D eigenvalue weighted by Gasteiger charge is -2.06. The third kappa shape index (κ3) is 2.47. The number of hydrogen-bond donors (Lipinski definition) is 1. The molecule has 0 aliphatic rings. The Bertz CT molecular complexity index is 398. The smallest absolute Gasteiger partial charge is 0.338 e. The van der Waals surface area contributed by atoms with Crippen LogP contribution in [0.25, 0.3) is 0 Å². The maximum Gasteiger partial charge on any atom is 0.338 e. The van der Waals surface area contributed by atoms with Crippen molar-refractivity contribution in [2.24, 2.45) is 0 Å². The van der Waals surface area contributed by atoms with Crippen molar-refractivity contribution in [2.75, 3.05) is 0 Å². The van der Waals surface area contributed by atoms with Crippen LogP contribution in [0.4, 0.5) is 13.2 Å². The van der Waals surface area contributed by atoms with Crippen molar-refractivity contribution >= 4 is 21.9 Å². The van der Waals surface area contributed by atoms with Crippen molar-refractivity contribution in [1.29, 1.82) is 0 Å². The molecule has 1 heterocycles. The fourth-order valence-electron chi connectivity index (χ4n) is 0.960. The number of carboxylic acid groups (broad SMARTS) is 1. The van der Waals surface area contributed by atoms with Crippen LogP contribution in [-0.4, -0.2) is 16.1 Å². The molecule has 1 rings (SSSR count). The minimum atomic E-state index is -2.93. The van der Waals surface area contributed by atoms with Crippen molar-refractivity contribution < 1.29 is 23.1 Å². The van der Waals surface area contributed by atoms with Crippen LogP contribution < -0.4 is 0 Å². The van der Waals surface area contributed by atoms with E-state index in [-0.39, 0.29) is 11.0 Å². The monoisotopic (exact) mass is 283 g/mol. The van der Waals surface area contributed by atoms with E-state index in [1.54, 1.807) is 0 Å². The Kier molecular flexibility index (Phi) is 3.67. The van der Waals surface area contributed by atoms with Gasteiger partial charge in [-0.15, -0.1) is 0 Å². The predicted octanol–water partition coefficient (Wildman–Crippen LogP) is 2.75. The number of rotatable bonds is 3. The summed E-state index contributed by atoms with van der Waals surface area (Å²) in [5.41, 5.74) is -1.89. The van der Waals surface area contributed by atoms with E-state index in [0.29, 0.717) is 6.07 Å². The van der Waals surface area contributed by atoms with Gasteiger partial charge in [-0.25, -0.2) is 22.9 Å². The molecule has 1 aromatic heterocycles. The molecule has 0 unspecified atom stereocenters. The molecule has 0 bridgehead atoms. The summed E-state index contributed by atoms with van der Waals surface area (Å²) >= 11 is 2.83. The molecule has 0 fully saturated rings. The Morgan fingerprint density at radius 2 is 2.20 bits per heavy atom. The maximum absolute atomic E-state index is 13.2. The Labute approximate surface area is 91.1 Å². The fraction of sp³-hybridized carbons (Fsp3) is 0.250. The number of nitrogens with zero attached hydrogens (tertiary/aromatic N) is 1. The second kappa shape index (κ2) is 4.61. The van der Waals surface area contributed by atoms with Gasteiger partial charge in [0.25, 0.3) is 6.43 Å². The number of alkyl halides is 3. The number of pyridine rings is 1. The molecule has 0 aliphatic carbocycles.